The lowest BCUT2D eigenvalue weighted by Crippen LogP contribution is -2.58. The SMILES string of the molecule is CN1c2ccc(Cl)cc2C(C)(C)[C@]12C=Cc1cc([N+](=O)[O-])ccc1O2. The molecule has 0 amide bonds. The predicted molar refractivity (Wildman–Crippen MR) is 98.4 cm³/mol. The van der Waals surface area contributed by atoms with E-state index in [1.54, 1.807) is 6.07 Å². The number of likely N-dealkylation sites (N-methyl/N-ethyl adjacent to an activating group) is 1. The average Bonchev–Trinajstić information content (AvgIpc) is 2.73. The molecule has 2 aromatic carbocycles. The monoisotopic (exact) mass is 356 g/mol. The van der Waals surface area contributed by atoms with Crippen molar-refractivity contribution in [1.29, 1.82) is 0 Å². The van der Waals surface area contributed by atoms with Crippen LogP contribution in [0, 0.1) is 10.1 Å². The van der Waals surface area contributed by atoms with Crippen LogP contribution in [-0.4, -0.2) is 17.7 Å². The van der Waals surface area contributed by atoms with E-state index in [0.29, 0.717) is 16.3 Å². The number of fused-ring (bicyclic) bond motifs is 2. The van der Waals surface area contributed by atoms with Gasteiger partial charge in [-0.1, -0.05) is 11.6 Å². The molecule has 1 atom stereocenters. The fourth-order valence-electron chi connectivity index (χ4n) is 3.89. The van der Waals surface area contributed by atoms with E-state index in [1.807, 2.05) is 37.4 Å². The van der Waals surface area contributed by atoms with Crippen molar-refractivity contribution in [1.82, 2.24) is 0 Å². The number of nitrogens with zero attached hydrogens (tertiary/aromatic N) is 2. The molecule has 0 saturated heterocycles. The molecule has 2 aliphatic heterocycles. The Bertz CT molecular complexity index is 938. The number of ether oxygens (including phenoxy) is 1. The Morgan fingerprint density at radius 3 is 2.68 bits per heavy atom. The van der Waals surface area contributed by atoms with Crippen molar-refractivity contribution in [3.63, 3.8) is 0 Å². The summed E-state index contributed by atoms with van der Waals surface area (Å²) in [6.07, 6.45) is 3.88. The summed E-state index contributed by atoms with van der Waals surface area (Å²) in [5.74, 6) is 0.631. The van der Waals surface area contributed by atoms with E-state index in [1.165, 1.54) is 12.1 Å². The summed E-state index contributed by atoms with van der Waals surface area (Å²) in [5.41, 5.74) is 1.85. The lowest BCUT2D eigenvalue weighted by molar-refractivity contribution is -0.384. The van der Waals surface area contributed by atoms with Crippen molar-refractivity contribution in [2.75, 3.05) is 11.9 Å². The number of hydrogen-bond acceptors (Lipinski definition) is 4. The van der Waals surface area contributed by atoms with Gasteiger partial charge in [0.1, 0.15) is 5.75 Å². The fraction of sp³-hybridized carbons (Fsp3) is 0.263. The van der Waals surface area contributed by atoms with Crippen molar-refractivity contribution in [3.8, 4) is 5.75 Å². The van der Waals surface area contributed by atoms with Crippen LogP contribution in [0.3, 0.4) is 0 Å². The molecule has 4 rings (SSSR count). The van der Waals surface area contributed by atoms with Gasteiger partial charge in [-0.3, -0.25) is 10.1 Å². The number of anilines is 1. The van der Waals surface area contributed by atoms with E-state index < -0.39 is 10.6 Å². The summed E-state index contributed by atoms with van der Waals surface area (Å²) < 4.78 is 6.44. The largest absolute Gasteiger partial charge is 0.463 e. The first-order chi connectivity index (χ1) is 11.8. The molecule has 2 aromatic rings. The topological polar surface area (TPSA) is 55.6 Å². The highest BCUT2D eigenvalue weighted by Crippen LogP contribution is 2.54. The highest BCUT2D eigenvalue weighted by atomic mass is 35.5. The summed E-state index contributed by atoms with van der Waals surface area (Å²) >= 11 is 6.21. The third-order valence-electron chi connectivity index (χ3n) is 5.35. The molecule has 0 aromatic heterocycles. The first-order valence-corrected chi connectivity index (χ1v) is 8.35. The Hall–Kier alpha value is -2.53. The zero-order chi connectivity index (χ0) is 18.0. The van der Waals surface area contributed by atoms with Crippen LogP contribution in [0.25, 0.3) is 6.08 Å². The van der Waals surface area contributed by atoms with Crippen LogP contribution < -0.4 is 9.64 Å². The van der Waals surface area contributed by atoms with E-state index in [9.17, 15) is 10.1 Å². The van der Waals surface area contributed by atoms with Crippen LogP contribution in [-0.2, 0) is 5.41 Å². The Labute approximate surface area is 150 Å². The Balaban J connectivity index is 1.85. The van der Waals surface area contributed by atoms with Crippen LogP contribution >= 0.6 is 11.6 Å². The molecule has 25 heavy (non-hydrogen) atoms. The van der Waals surface area contributed by atoms with Crippen LogP contribution in [0.15, 0.2) is 42.5 Å². The van der Waals surface area contributed by atoms with Crippen molar-refractivity contribution >= 4 is 29.1 Å². The van der Waals surface area contributed by atoms with E-state index >= 15 is 0 Å². The van der Waals surface area contributed by atoms with Gasteiger partial charge in [0.2, 0.25) is 5.72 Å². The fourth-order valence-corrected chi connectivity index (χ4v) is 4.06. The zero-order valence-electron chi connectivity index (χ0n) is 14.1. The molecule has 2 aliphatic rings. The summed E-state index contributed by atoms with van der Waals surface area (Å²) in [6.45, 7) is 4.23. The molecule has 0 saturated carbocycles. The molecule has 1 spiro atoms. The number of rotatable bonds is 1. The summed E-state index contributed by atoms with van der Waals surface area (Å²) in [6, 6.07) is 10.5. The molecule has 0 bridgehead atoms. The standard InChI is InChI=1S/C19H17ClN2O3/c1-18(2)15-11-13(20)4-6-16(15)21(3)19(18)9-8-12-10-14(22(23)24)5-7-17(12)25-19/h4-11H,1-3H3/t19-/m1/s1. The second-order valence-electron chi connectivity index (χ2n) is 6.96. The second-order valence-corrected chi connectivity index (χ2v) is 7.39. The van der Waals surface area contributed by atoms with Crippen molar-refractivity contribution < 1.29 is 9.66 Å². The van der Waals surface area contributed by atoms with Gasteiger partial charge in [0.25, 0.3) is 5.69 Å². The molecule has 5 nitrogen and oxygen atoms in total. The molecule has 0 aliphatic carbocycles. The normalized spacial score (nSPS) is 22.5. The maximum absolute atomic E-state index is 11.0. The van der Waals surface area contributed by atoms with Crippen LogP contribution in [0.4, 0.5) is 11.4 Å². The number of benzene rings is 2. The Morgan fingerprint density at radius 1 is 1.20 bits per heavy atom. The number of non-ortho nitro benzene ring substituents is 1. The molecular weight excluding hydrogens is 340 g/mol. The predicted octanol–water partition coefficient (Wildman–Crippen LogP) is 4.78. The van der Waals surface area contributed by atoms with Gasteiger partial charge in [-0.25, -0.2) is 0 Å². The third kappa shape index (κ3) is 2.02. The molecule has 128 valence electrons. The van der Waals surface area contributed by atoms with Crippen LogP contribution in [0.5, 0.6) is 5.75 Å². The van der Waals surface area contributed by atoms with Crippen LogP contribution in [0.1, 0.15) is 25.0 Å². The van der Waals surface area contributed by atoms with Gasteiger partial charge in [0, 0.05) is 35.5 Å². The molecule has 0 fully saturated rings. The second kappa shape index (κ2) is 4.99. The average molecular weight is 357 g/mol. The first kappa shape index (κ1) is 16.0. The summed E-state index contributed by atoms with van der Waals surface area (Å²) in [7, 11) is 1.99. The molecule has 6 heteroatoms. The van der Waals surface area contributed by atoms with Gasteiger partial charge >= 0.3 is 0 Å². The maximum Gasteiger partial charge on any atom is 0.270 e. The van der Waals surface area contributed by atoms with Gasteiger partial charge in [0.15, 0.2) is 0 Å². The Kier molecular flexibility index (Phi) is 3.19. The van der Waals surface area contributed by atoms with Gasteiger partial charge in [-0.05, 0) is 55.8 Å². The smallest absolute Gasteiger partial charge is 0.270 e. The lowest BCUT2D eigenvalue weighted by atomic mass is 9.76. The van der Waals surface area contributed by atoms with Crippen molar-refractivity contribution in [2.45, 2.75) is 25.0 Å². The quantitative estimate of drug-likeness (QED) is 0.545. The highest BCUT2D eigenvalue weighted by molar-refractivity contribution is 6.30. The number of nitro benzene ring substituents is 1. The highest BCUT2D eigenvalue weighted by Gasteiger charge is 2.57. The minimum absolute atomic E-state index is 0.0528. The van der Waals surface area contributed by atoms with Crippen molar-refractivity contribution in [2.24, 2.45) is 0 Å². The Morgan fingerprint density at radius 2 is 1.96 bits per heavy atom. The first-order valence-electron chi connectivity index (χ1n) is 7.97. The molecule has 0 unspecified atom stereocenters. The van der Waals surface area contributed by atoms with Gasteiger partial charge in [-0.2, -0.15) is 0 Å². The summed E-state index contributed by atoms with van der Waals surface area (Å²) in [4.78, 5) is 12.7. The lowest BCUT2D eigenvalue weighted by Gasteiger charge is -2.45. The molecule has 0 radical (unpaired) electrons. The zero-order valence-corrected chi connectivity index (χ0v) is 14.9. The number of nitro groups is 1. The third-order valence-corrected chi connectivity index (χ3v) is 5.58. The van der Waals surface area contributed by atoms with Gasteiger partial charge in [0.05, 0.1) is 10.3 Å². The molecule has 2 heterocycles. The van der Waals surface area contributed by atoms with E-state index in [0.717, 1.165) is 11.3 Å². The van der Waals surface area contributed by atoms with E-state index in [4.69, 9.17) is 16.3 Å². The molecule has 0 N–H and O–H groups in total. The number of halogens is 1. The van der Waals surface area contributed by atoms with Crippen LogP contribution in [0.2, 0.25) is 5.02 Å². The van der Waals surface area contributed by atoms with Gasteiger partial charge in [-0.15, -0.1) is 0 Å². The van der Waals surface area contributed by atoms with Crippen molar-refractivity contribution in [3.05, 3.63) is 68.7 Å². The van der Waals surface area contributed by atoms with Gasteiger partial charge < -0.3 is 9.64 Å². The number of hydrogen-bond donors (Lipinski definition) is 0. The van der Waals surface area contributed by atoms with E-state index in [-0.39, 0.29) is 11.1 Å². The van der Waals surface area contributed by atoms with E-state index in [2.05, 4.69) is 18.7 Å². The summed E-state index contributed by atoms with van der Waals surface area (Å²) in [5, 5.41) is 11.7. The maximum atomic E-state index is 11.0. The minimum atomic E-state index is -0.719. The molecular formula is C19H17ClN2O3. The minimum Gasteiger partial charge on any atom is -0.463 e.